The zero-order chi connectivity index (χ0) is 14.9. The molecule has 1 aromatic heterocycles. The molecule has 0 spiro atoms. The summed E-state index contributed by atoms with van der Waals surface area (Å²) in [7, 11) is 0. The van der Waals surface area contributed by atoms with Gasteiger partial charge in [0.25, 0.3) is 5.78 Å². The van der Waals surface area contributed by atoms with Crippen LogP contribution in [-0.2, 0) is 6.54 Å². The van der Waals surface area contributed by atoms with Crippen LogP contribution in [0.2, 0.25) is 5.02 Å². The van der Waals surface area contributed by atoms with Crippen LogP contribution in [0.5, 0.6) is 0 Å². The standard InChI is InChI=1S/C12H7BrClF3N2O/c13-9-2-1-7(10(14)3-9)5-19-6-8(4-18-19)11(20)12(15,16)17/h1-4,6H,5H2. The minimum atomic E-state index is -4.90. The van der Waals surface area contributed by atoms with Crippen molar-refractivity contribution in [3.05, 3.63) is 51.2 Å². The molecule has 2 rings (SSSR count). The number of hydrogen-bond donors (Lipinski definition) is 0. The average Bonchev–Trinajstić information content (AvgIpc) is 2.79. The highest BCUT2D eigenvalue weighted by Gasteiger charge is 2.39. The zero-order valence-electron chi connectivity index (χ0n) is 9.79. The summed E-state index contributed by atoms with van der Waals surface area (Å²) < 4.78 is 38.8. The van der Waals surface area contributed by atoms with Gasteiger partial charge in [-0.1, -0.05) is 33.6 Å². The summed E-state index contributed by atoms with van der Waals surface area (Å²) in [5.74, 6) is -1.91. The maximum atomic E-state index is 12.3. The molecule has 8 heteroatoms. The third-order valence-corrected chi connectivity index (χ3v) is 3.35. The summed E-state index contributed by atoms with van der Waals surface area (Å²) in [6.45, 7) is 0.178. The lowest BCUT2D eigenvalue weighted by Crippen LogP contribution is -2.22. The minimum Gasteiger partial charge on any atom is -0.284 e. The Kier molecular flexibility index (Phi) is 4.19. The van der Waals surface area contributed by atoms with E-state index in [0.29, 0.717) is 10.6 Å². The van der Waals surface area contributed by atoms with E-state index in [4.69, 9.17) is 11.6 Å². The maximum absolute atomic E-state index is 12.3. The van der Waals surface area contributed by atoms with Crippen molar-refractivity contribution < 1.29 is 18.0 Å². The summed E-state index contributed by atoms with van der Waals surface area (Å²) in [5, 5.41) is 4.19. The molecule has 0 radical (unpaired) electrons. The van der Waals surface area contributed by atoms with Gasteiger partial charge < -0.3 is 0 Å². The molecule has 0 fully saturated rings. The number of nitrogens with zero attached hydrogens (tertiary/aromatic N) is 2. The number of ketones is 1. The SMILES string of the molecule is O=C(c1cnn(Cc2ccc(Br)cc2Cl)c1)C(F)(F)F. The fourth-order valence-corrected chi connectivity index (χ4v) is 2.29. The van der Waals surface area contributed by atoms with Gasteiger partial charge in [-0.3, -0.25) is 9.48 Å². The first-order valence-corrected chi connectivity index (χ1v) is 6.52. The topological polar surface area (TPSA) is 34.9 Å². The van der Waals surface area contributed by atoms with Gasteiger partial charge in [0.1, 0.15) is 0 Å². The fourth-order valence-electron chi connectivity index (χ4n) is 1.56. The Morgan fingerprint density at radius 2 is 2.10 bits per heavy atom. The Labute approximate surface area is 125 Å². The number of Topliss-reactive ketones (excluding diaryl/α,β-unsaturated/α-hetero) is 1. The molecular weight excluding hydrogens is 360 g/mol. The number of carbonyl (C=O) groups excluding carboxylic acids is 1. The largest absolute Gasteiger partial charge is 0.454 e. The number of alkyl halides is 3. The highest BCUT2D eigenvalue weighted by atomic mass is 79.9. The van der Waals surface area contributed by atoms with Crippen LogP contribution >= 0.6 is 27.5 Å². The number of carbonyl (C=O) groups is 1. The second-order valence-electron chi connectivity index (χ2n) is 3.99. The van der Waals surface area contributed by atoms with E-state index < -0.39 is 17.5 Å². The first-order chi connectivity index (χ1) is 9.27. The molecule has 0 aliphatic heterocycles. The van der Waals surface area contributed by atoms with Gasteiger partial charge in [0.15, 0.2) is 0 Å². The van der Waals surface area contributed by atoms with Crippen LogP contribution in [0.15, 0.2) is 35.1 Å². The van der Waals surface area contributed by atoms with Crippen LogP contribution in [-0.4, -0.2) is 21.7 Å². The third-order valence-electron chi connectivity index (χ3n) is 2.50. The van der Waals surface area contributed by atoms with Crippen LogP contribution in [0, 0.1) is 0 Å². The van der Waals surface area contributed by atoms with Crippen molar-refractivity contribution in [2.45, 2.75) is 12.7 Å². The van der Waals surface area contributed by atoms with Crippen LogP contribution in [0.3, 0.4) is 0 Å². The van der Waals surface area contributed by atoms with Gasteiger partial charge in [0.2, 0.25) is 0 Å². The average molecular weight is 368 g/mol. The summed E-state index contributed by atoms with van der Waals surface area (Å²) in [5.41, 5.74) is 0.190. The molecule has 1 aromatic carbocycles. The molecule has 106 valence electrons. The molecule has 0 saturated carbocycles. The highest BCUT2D eigenvalue weighted by molar-refractivity contribution is 9.10. The van der Waals surface area contributed by atoms with Crippen molar-refractivity contribution in [3.63, 3.8) is 0 Å². The van der Waals surface area contributed by atoms with E-state index in [-0.39, 0.29) is 6.54 Å². The predicted molar refractivity (Wildman–Crippen MR) is 70.9 cm³/mol. The Balaban J connectivity index is 2.20. The van der Waals surface area contributed by atoms with Gasteiger partial charge >= 0.3 is 6.18 Å². The van der Waals surface area contributed by atoms with E-state index in [1.165, 1.54) is 4.68 Å². The predicted octanol–water partition coefficient (Wildman–Crippen LogP) is 4.09. The van der Waals surface area contributed by atoms with Gasteiger partial charge in [-0.15, -0.1) is 0 Å². The van der Waals surface area contributed by atoms with E-state index in [2.05, 4.69) is 21.0 Å². The van der Waals surface area contributed by atoms with Crippen LogP contribution in [0.25, 0.3) is 0 Å². The summed E-state index contributed by atoms with van der Waals surface area (Å²) >= 11 is 9.25. The maximum Gasteiger partial charge on any atom is 0.454 e. The van der Waals surface area contributed by atoms with E-state index in [0.717, 1.165) is 16.9 Å². The number of benzene rings is 1. The number of rotatable bonds is 3. The Bertz CT molecular complexity index is 654. The minimum absolute atomic E-state index is 0.178. The zero-order valence-corrected chi connectivity index (χ0v) is 12.1. The second kappa shape index (κ2) is 5.57. The first kappa shape index (κ1) is 15.1. The van der Waals surface area contributed by atoms with Gasteiger partial charge in [-0.2, -0.15) is 18.3 Å². The van der Waals surface area contributed by atoms with Gasteiger partial charge in [-0.05, 0) is 17.7 Å². The second-order valence-corrected chi connectivity index (χ2v) is 5.31. The molecule has 0 bridgehead atoms. The van der Waals surface area contributed by atoms with Crippen molar-refractivity contribution in [1.29, 1.82) is 0 Å². The third kappa shape index (κ3) is 3.40. The number of hydrogen-bond acceptors (Lipinski definition) is 2. The molecule has 3 nitrogen and oxygen atoms in total. The molecule has 0 unspecified atom stereocenters. The van der Waals surface area contributed by atoms with Crippen molar-refractivity contribution in [2.75, 3.05) is 0 Å². The lowest BCUT2D eigenvalue weighted by Gasteiger charge is -2.05. The molecule has 0 saturated heterocycles. The fraction of sp³-hybridized carbons (Fsp3) is 0.167. The van der Waals surface area contributed by atoms with Crippen molar-refractivity contribution >= 4 is 33.3 Å². The summed E-state index contributed by atoms with van der Waals surface area (Å²) in [4.78, 5) is 11.0. The number of aromatic nitrogens is 2. The Hall–Kier alpha value is -1.34. The monoisotopic (exact) mass is 366 g/mol. The van der Waals surface area contributed by atoms with Crippen molar-refractivity contribution in [1.82, 2.24) is 9.78 Å². The van der Waals surface area contributed by atoms with Gasteiger partial charge in [0, 0.05) is 15.7 Å². The lowest BCUT2D eigenvalue weighted by molar-refractivity contribution is -0.0885. The first-order valence-electron chi connectivity index (χ1n) is 5.35. The molecule has 0 aliphatic carbocycles. The number of halogens is 5. The van der Waals surface area contributed by atoms with E-state index >= 15 is 0 Å². The highest BCUT2D eigenvalue weighted by Crippen LogP contribution is 2.23. The summed E-state index contributed by atoms with van der Waals surface area (Å²) in [6, 6.07) is 5.15. The van der Waals surface area contributed by atoms with Crippen LogP contribution < -0.4 is 0 Å². The molecule has 20 heavy (non-hydrogen) atoms. The quantitative estimate of drug-likeness (QED) is 0.766. The molecule has 0 aliphatic rings. The molecule has 0 atom stereocenters. The molecule has 0 amide bonds. The molecular formula is C12H7BrClF3N2O. The smallest absolute Gasteiger partial charge is 0.284 e. The van der Waals surface area contributed by atoms with Crippen molar-refractivity contribution in [3.8, 4) is 0 Å². The van der Waals surface area contributed by atoms with Gasteiger partial charge in [-0.25, -0.2) is 0 Å². The Morgan fingerprint density at radius 1 is 1.40 bits per heavy atom. The normalized spacial score (nSPS) is 11.7. The molecule has 2 aromatic rings. The van der Waals surface area contributed by atoms with E-state index in [9.17, 15) is 18.0 Å². The van der Waals surface area contributed by atoms with E-state index in [1.54, 1.807) is 18.2 Å². The van der Waals surface area contributed by atoms with Crippen molar-refractivity contribution in [2.24, 2.45) is 0 Å². The van der Waals surface area contributed by atoms with E-state index in [1.807, 2.05) is 0 Å². The molecule has 0 N–H and O–H groups in total. The van der Waals surface area contributed by atoms with Crippen LogP contribution in [0.1, 0.15) is 15.9 Å². The molecule has 1 heterocycles. The summed E-state index contributed by atoms with van der Waals surface area (Å²) in [6.07, 6.45) is -2.96. The Morgan fingerprint density at radius 3 is 2.70 bits per heavy atom. The van der Waals surface area contributed by atoms with Gasteiger partial charge in [0.05, 0.1) is 18.3 Å². The lowest BCUT2D eigenvalue weighted by atomic mass is 10.2. The van der Waals surface area contributed by atoms with Crippen LogP contribution in [0.4, 0.5) is 13.2 Å².